The van der Waals surface area contributed by atoms with Crippen molar-refractivity contribution in [2.45, 2.75) is 18.9 Å². The molecule has 1 aliphatic rings. The van der Waals surface area contributed by atoms with Gasteiger partial charge in [-0.3, -0.25) is 0 Å². The molecule has 0 aliphatic carbocycles. The summed E-state index contributed by atoms with van der Waals surface area (Å²) in [4.78, 5) is 11.8. The molecule has 0 spiro atoms. The Balaban J connectivity index is 1.93. The molecule has 0 amide bonds. The lowest BCUT2D eigenvalue weighted by molar-refractivity contribution is -0.0159. The van der Waals surface area contributed by atoms with Gasteiger partial charge in [-0.05, 0) is 24.3 Å². The maximum Gasteiger partial charge on any atom is 0.338 e. The van der Waals surface area contributed by atoms with Crippen molar-refractivity contribution in [2.75, 3.05) is 20.3 Å². The van der Waals surface area contributed by atoms with Crippen molar-refractivity contribution < 1.29 is 19.0 Å². The summed E-state index contributed by atoms with van der Waals surface area (Å²) < 4.78 is 15.6. The number of carbonyl (C=O) groups is 1. The first-order valence-corrected chi connectivity index (χ1v) is 5.72. The molecule has 0 unspecified atom stereocenters. The first-order chi connectivity index (χ1) is 8.29. The van der Waals surface area contributed by atoms with Crippen molar-refractivity contribution in [3.05, 3.63) is 29.8 Å². The fourth-order valence-electron chi connectivity index (χ4n) is 1.74. The molecule has 0 aromatic heterocycles. The van der Waals surface area contributed by atoms with Gasteiger partial charge in [0.25, 0.3) is 0 Å². The van der Waals surface area contributed by atoms with E-state index in [4.69, 9.17) is 14.2 Å². The van der Waals surface area contributed by atoms with E-state index >= 15 is 0 Å². The van der Waals surface area contributed by atoms with E-state index < -0.39 is 0 Å². The topological polar surface area (TPSA) is 44.8 Å². The smallest absolute Gasteiger partial charge is 0.338 e. The third kappa shape index (κ3) is 3.20. The summed E-state index contributed by atoms with van der Waals surface area (Å²) in [5.41, 5.74) is 0.553. The predicted octanol–water partition coefficient (Wildman–Crippen LogP) is 2.03. The summed E-state index contributed by atoms with van der Waals surface area (Å²) in [5.74, 6) is 0.451. The molecule has 0 N–H and O–H groups in total. The van der Waals surface area contributed by atoms with Crippen LogP contribution in [-0.4, -0.2) is 32.4 Å². The maximum absolute atomic E-state index is 11.8. The molecule has 0 radical (unpaired) electrons. The molecule has 92 valence electrons. The Bertz CT molecular complexity index is 366. The van der Waals surface area contributed by atoms with E-state index in [2.05, 4.69) is 0 Å². The van der Waals surface area contributed by atoms with Crippen LogP contribution in [0.4, 0.5) is 0 Å². The van der Waals surface area contributed by atoms with Gasteiger partial charge in [0.05, 0.1) is 25.9 Å². The molecule has 1 aromatic rings. The lowest BCUT2D eigenvalue weighted by atomic mass is 10.1. The molecule has 4 nitrogen and oxygen atoms in total. The number of esters is 1. The van der Waals surface area contributed by atoms with E-state index in [9.17, 15) is 4.79 Å². The van der Waals surface area contributed by atoms with Gasteiger partial charge < -0.3 is 14.2 Å². The largest absolute Gasteiger partial charge is 0.497 e. The van der Waals surface area contributed by atoms with Crippen LogP contribution in [0.3, 0.4) is 0 Å². The molecule has 1 saturated heterocycles. The number of methoxy groups -OCH3 is 1. The molecule has 1 heterocycles. The van der Waals surface area contributed by atoms with Crippen LogP contribution >= 0.6 is 0 Å². The normalized spacial score (nSPS) is 16.5. The van der Waals surface area contributed by atoms with Crippen molar-refractivity contribution in [3.63, 3.8) is 0 Å². The van der Waals surface area contributed by atoms with Crippen LogP contribution in [0.1, 0.15) is 23.2 Å². The molecule has 1 aromatic carbocycles. The highest BCUT2D eigenvalue weighted by Crippen LogP contribution is 2.16. The van der Waals surface area contributed by atoms with E-state index in [1.165, 1.54) is 0 Å². The summed E-state index contributed by atoms with van der Waals surface area (Å²) in [6, 6.07) is 6.92. The Morgan fingerprint density at radius 1 is 1.24 bits per heavy atom. The third-order valence-corrected chi connectivity index (χ3v) is 2.77. The van der Waals surface area contributed by atoms with Gasteiger partial charge in [-0.1, -0.05) is 0 Å². The summed E-state index contributed by atoms with van der Waals surface area (Å²) in [6.45, 7) is 1.33. The lowest BCUT2D eigenvalue weighted by Crippen LogP contribution is -2.26. The molecule has 17 heavy (non-hydrogen) atoms. The van der Waals surface area contributed by atoms with Gasteiger partial charge in [0.15, 0.2) is 0 Å². The second-order valence-corrected chi connectivity index (χ2v) is 3.95. The van der Waals surface area contributed by atoms with Gasteiger partial charge >= 0.3 is 5.97 Å². The monoisotopic (exact) mass is 236 g/mol. The molecule has 1 aliphatic heterocycles. The highest BCUT2D eigenvalue weighted by molar-refractivity contribution is 5.89. The Hall–Kier alpha value is -1.55. The Labute approximate surface area is 100 Å². The molecule has 0 atom stereocenters. The van der Waals surface area contributed by atoms with Crippen molar-refractivity contribution in [1.29, 1.82) is 0 Å². The predicted molar refractivity (Wildman–Crippen MR) is 62.3 cm³/mol. The van der Waals surface area contributed by atoms with Gasteiger partial charge in [-0.15, -0.1) is 0 Å². The van der Waals surface area contributed by atoms with Crippen molar-refractivity contribution in [1.82, 2.24) is 0 Å². The Morgan fingerprint density at radius 2 is 1.88 bits per heavy atom. The first kappa shape index (κ1) is 11.9. The minimum atomic E-state index is -0.278. The zero-order chi connectivity index (χ0) is 12.1. The van der Waals surface area contributed by atoms with E-state index in [1.807, 2.05) is 0 Å². The summed E-state index contributed by atoms with van der Waals surface area (Å²) >= 11 is 0. The van der Waals surface area contributed by atoms with E-state index in [-0.39, 0.29) is 12.1 Å². The van der Waals surface area contributed by atoms with Crippen molar-refractivity contribution >= 4 is 5.97 Å². The zero-order valence-electron chi connectivity index (χ0n) is 9.85. The zero-order valence-corrected chi connectivity index (χ0v) is 9.85. The van der Waals surface area contributed by atoms with E-state index in [0.717, 1.165) is 18.6 Å². The van der Waals surface area contributed by atoms with Crippen molar-refractivity contribution in [3.8, 4) is 5.75 Å². The average Bonchev–Trinajstić information content (AvgIpc) is 2.40. The van der Waals surface area contributed by atoms with Crippen LogP contribution in [0, 0.1) is 0 Å². The van der Waals surface area contributed by atoms with E-state index in [1.54, 1.807) is 31.4 Å². The minimum Gasteiger partial charge on any atom is -0.497 e. The average molecular weight is 236 g/mol. The van der Waals surface area contributed by atoms with Gasteiger partial charge in [-0.2, -0.15) is 0 Å². The minimum absolute atomic E-state index is 0.0154. The SMILES string of the molecule is COc1ccc(C(=O)OC2CCOCC2)cc1. The fraction of sp³-hybridized carbons (Fsp3) is 0.462. The van der Waals surface area contributed by atoms with Crippen LogP contribution in [0.15, 0.2) is 24.3 Å². The Morgan fingerprint density at radius 3 is 2.47 bits per heavy atom. The second kappa shape index (κ2) is 5.68. The first-order valence-electron chi connectivity index (χ1n) is 5.72. The lowest BCUT2D eigenvalue weighted by Gasteiger charge is -2.22. The second-order valence-electron chi connectivity index (χ2n) is 3.95. The number of hydrogen-bond acceptors (Lipinski definition) is 4. The highest BCUT2D eigenvalue weighted by Gasteiger charge is 2.18. The van der Waals surface area contributed by atoms with Crippen LogP contribution in [0.2, 0.25) is 0 Å². The molecule has 0 bridgehead atoms. The maximum atomic E-state index is 11.8. The number of ether oxygens (including phenoxy) is 3. The quantitative estimate of drug-likeness (QED) is 0.753. The van der Waals surface area contributed by atoms with Crippen molar-refractivity contribution in [2.24, 2.45) is 0 Å². The molecule has 1 fully saturated rings. The summed E-state index contributed by atoms with van der Waals surface area (Å²) in [5, 5.41) is 0. The van der Waals surface area contributed by atoms with Gasteiger partial charge in [0, 0.05) is 12.8 Å². The van der Waals surface area contributed by atoms with Crippen LogP contribution in [0.25, 0.3) is 0 Å². The van der Waals surface area contributed by atoms with Gasteiger partial charge in [0.2, 0.25) is 0 Å². The van der Waals surface area contributed by atoms with Gasteiger partial charge in [-0.25, -0.2) is 4.79 Å². The molecular formula is C13H16O4. The molecular weight excluding hydrogens is 220 g/mol. The number of hydrogen-bond donors (Lipinski definition) is 0. The third-order valence-electron chi connectivity index (χ3n) is 2.77. The standard InChI is InChI=1S/C13H16O4/c1-15-11-4-2-10(3-5-11)13(14)17-12-6-8-16-9-7-12/h2-5,12H,6-9H2,1H3. The van der Waals surface area contributed by atoms with Gasteiger partial charge in [0.1, 0.15) is 11.9 Å². The molecule has 4 heteroatoms. The number of rotatable bonds is 3. The number of carbonyl (C=O) groups excluding carboxylic acids is 1. The number of benzene rings is 1. The fourth-order valence-corrected chi connectivity index (χ4v) is 1.74. The van der Waals surface area contributed by atoms with E-state index in [0.29, 0.717) is 18.8 Å². The summed E-state index contributed by atoms with van der Waals surface area (Å²) in [7, 11) is 1.59. The van der Waals surface area contributed by atoms with Crippen LogP contribution in [0.5, 0.6) is 5.75 Å². The highest BCUT2D eigenvalue weighted by atomic mass is 16.6. The Kier molecular flexibility index (Phi) is 3.98. The van der Waals surface area contributed by atoms with Crippen LogP contribution in [-0.2, 0) is 9.47 Å². The molecule has 2 rings (SSSR count). The molecule has 0 saturated carbocycles. The van der Waals surface area contributed by atoms with Crippen LogP contribution < -0.4 is 4.74 Å². The summed E-state index contributed by atoms with van der Waals surface area (Å²) in [6.07, 6.45) is 1.54.